The van der Waals surface area contributed by atoms with Crippen LogP contribution in [0.1, 0.15) is 32.6 Å². The van der Waals surface area contributed by atoms with E-state index < -0.39 is 27.9 Å². The Morgan fingerprint density at radius 1 is 1.25 bits per heavy atom. The summed E-state index contributed by atoms with van der Waals surface area (Å²) in [6, 6.07) is -1.13. The largest absolute Gasteiger partial charge is 0.450 e. The Hall–Kier alpha value is -1.84. The smallest absolute Gasteiger partial charge is 0.409 e. The zero-order valence-corrected chi connectivity index (χ0v) is 14.7. The van der Waals surface area contributed by atoms with E-state index in [1.54, 1.807) is 11.8 Å². The van der Waals surface area contributed by atoms with Crippen molar-refractivity contribution in [1.29, 1.82) is 0 Å². The maximum absolute atomic E-state index is 12.4. The second kappa shape index (κ2) is 7.37. The molecular formula is C14H23N3O6S. The number of nitrogens with one attached hydrogen (secondary N) is 1. The van der Waals surface area contributed by atoms with E-state index in [-0.39, 0.29) is 25.0 Å². The van der Waals surface area contributed by atoms with Gasteiger partial charge in [-0.3, -0.25) is 9.59 Å². The van der Waals surface area contributed by atoms with Crippen molar-refractivity contribution >= 4 is 27.9 Å². The van der Waals surface area contributed by atoms with Crippen molar-refractivity contribution < 1.29 is 27.5 Å². The fraction of sp³-hybridized carbons (Fsp3) is 0.786. The first-order valence-corrected chi connectivity index (χ1v) is 9.83. The molecule has 2 heterocycles. The van der Waals surface area contributed by atoms with Gasteiger partial charge in [-0.1, -0.05) is 0 Å². The summed E-state index contributed by atoms with van der Waals surface area (Å²) >= 11 is 0. The van der Waals surface area contributed by atoms with Crippen LogP contribution in [0.3, 0.4) is 0 Å². The van der Waals surface area contributed by atoms with Crippen LogP contribution < -0.4 is 5.32 Å². The summed E-state index contributed by atoms with van der Waals surface area (Å²) < 4.78 is 29.0. The van der Waals surface area contributed by atoms with Crippen molar-refractivity contribution in [1.82, 2.24) is 14.5 Å². The van der Waals surface area contributed by atoms with Gasteiger partial charge in [0.15, 0.2) is 0 Å². The molecule has 2 aliphatic heterocycles. The van der Waals surface area contributed by atoms with Crippen LogP contribution in [0.5, 0.6) is 0 Å². The molecule has 0 radical (unpaired) electrons. The first-order chi connectivity index (χ1) is 11.2. The van der Waals surface area contributed by atoms with Gasteiger partial charge in [-0.15, -0.1) is 0 Å². The minimum absolute atomic E-state index is 0.0481. The number of amides is 3. The fourth-order valence-electron chi connectivity index (χ4n) is 3.03. The fourth-order valence-corrected chi connectivity index (χ4v) is 4.16. The normalized spacial score (nSPS) is 22.6. The van der Waals surface area contributed by atoms with Gasteiger partial charge in [0.05, 0.1) is 12.9 Å². The number of likely N-dealkylation sites (tertiary alicyclic amines) is 1. The lowest BCUT2D eigenvalue weighted by atomic mass is 10.0. The lowest BCUT2D eigenvalue weighted by Gasteiger charge is -2.32. The molecule has 2 fully saturated rings. The topological polar surface area (TPSA) is 113 Å². The van der Waals surface area contributed by atoms with E-state index >= 15 is 0 Å². The van der Waals surface area contributed by atoms with Crippen molar-refractivity contribution in [3.63, 3.8) is 0 Å². The first-order valence-electron chi connectivity index (χ1n) is 7.98. The van der Waals surface area contributed by atoms with Crippen LogP contribution in [0.15, 0.2) is 0 Å². The van der Waals surface area contributed by atoms with Gasteiger partial charge in [0, 0.05) is 25.6 Å². The monoisotopic (exact) mass is 361 g/mol. The van der Waals surface area contributed by atoms with Crippen LogP contribution in [0.4, 0.5) is 4.79 Å². The van der Waals surface area contributed by atoms with E-state index in [2.05, 4.69) is 5.32 Å². The quantitative estimate of drug-likeness (QED) is 0.734. The molecule has 24 heavy (non-hydrogen) atoms. The SMILES string of the molecule is CCOC(=O)N1CCC(NC(=O)C2CCC(=O)N2S(C)(=O)=O)CC1. The van der Waals surface area contributed by atoms with Crippen molar-refractivity contribution in [3.8, 4) is 0 Å². The molecule has 136 valence electrons. The Labute approximate surface area is 141 Å². The average Bonchev–Trinajstić information content (AvgIpc) is 2.90. The molecule has 0 saturated carbocycles. The van der Waals surface area contributed by atoms with E-state index in [0.29, 0.717) is 36.8 Å². The van der Waals surface area contributed by atoms with E-state index in [1.807, 2.05) is 0 Å². The molecular weight excluding hydrogens is 338 g/mol. The number of hydrogen-bond donors (Lipinski definition) is 1. The number of carbonyl (C=O) groups excluding carboxylic acids is 3. The van der Waals surface area contributed by atoms with Crippen LogP contribution >= 0.6 is 0 Å². The van der Waals surface area contributed by atoms with Gasteiger partial charge in [-0.05, 0) is 26.2 Å². The minimum Gasteiger partial charge on any atom is -0.450 e. The Morgan fingerprint density at radius 3 is 2.42 bits per heavy atom. The molecule has 2 aliphatic rings. The number of carbonyl (C=O) groups is 3. The Bertz CT molecular complexity index is 612. The molecule has 2 saturated heterocycles. The highest BCUT2D eigenvalue weighted by molar-refractivity contribution is 7.89. The number of ether oxygens (including phenoxy) is 1. The summed E-state index contributed by atoms with van der Waals surface area (Å²) in [7, 11) is -3.76. The van der Waals surface area contributed by atoms with Crippen LogP contribution in [-0.2, 0) is 24.3 Å². The summed E-state index contributed by atoms with van der Waals surface area (Å²) in [5.74, 6) is -1.00. The number of rotatable bonds is 4. The van der Waals surface area contributed by atoms with Crippen molar-refractivity contribution in [2.75, 3.05) is 26.0 Å². The number of piperidine rings is 1. The van der Waals surface area contributed by atoms with Gasteiger partial charge in [0.2, 0.25) is 21.8 Å². The average molecular weight is 361 g/mol. The Morgan fingerprint density at radius 2 is 1.88 bits per heavy atom. The van der Waals surface area contributed by atoms with Gasteiger partial charge in [-0.2, -0.15) is 0 Å². The van der Waals surface area contributed by atoms with Gasteiger partial charge >= 0.3 is 6.09 Å². The Kier molecular flexibility index (Phi) is 5.68. The van der Waals surface area contributed by atoms with Crippen LogP contribution in [0.25, 0.3) is 0 Å². The van der Waals surface area contributed by atoms with Crippen molar-refractivity contribution in [2.24, 2.45) is 0 Å². The lowest BCUT2D eigenvalue weighted by molar-refractivity contribution is -0.131. The summed E-state index contributed by atoms with van der Waals surface area (Å²) in [6.07, 6.45) is 1.92. The van der Waals surface area contributed by atoms with E-state index in [0.717, 1.165) is 6.26 Å². The van der Waals surface area contributed by atoms with Crippen LogP contribution in [-0.4, -0.2) is 73.6 Å². The molecule has 2 rings (SSSR count). The number of hydrogen-bond acceptors (Lipinski definition) is 6. The number of sulfonamides is 1. The highest BCUT2D eigenvalue weighted by atomic mass is 32.2. The maximum Gasteiger partial charge on any atom is 0.409 e. The molecule has 0 aliphatic carbocycles. The third-order valence-electron chi connectivity index (χ3n) is 4.19. The third kappa shape index (κ3) is 4.16. The molecule has 0 aromatic rings. The number of nitrogens with zero attached hydrogens (tertiary/aromatic N) is 2. The van der Waals surface area contributed by atoms with Crippen LogP contribution in [0.2, 0.25) is 0 Å². The molecule has 0 aromatic heterocycles. The Balaban J connectivity index is 1.90. The van der Waals surface area contributed by atoms with Gasteiger partial charge in [0.25, 0.3) is 0 Å². The van der Waals surface area contributed by atoms with Crippen LogP contribution in [0, 0.1) is 0 Å². The highest BCUT2D eigenvalue weighted by Crippen LogP contribution is 2.22. The molecule has 10 heteroatoms. The minimum atomic E-state index is -3.76. The molecule has 9 nitrogen and oxygen atoms in total. The molecule has 1 atom stereocenters. The molecule has 0 spiro atoms. The van der Waals surface area contributed by atoms with E-state index in [4.69, 9.17) is 4.74 Å². The first kappa shape index (κ1) is 18.5. The van der Waals surface area contributed by atoms with Gasteiger partial charge in [-0.25, -0.2) is 17.5 Å². The zero-order chi connectivity index (χ0) is 17.9. The molecule has 1 N–H and O–H groups in total. The molecule has 0 aromatic carbocycles. The summed E-state index contributed by atoms with van der Waals surface area (Å²) in [4.78, 5) is 37.3. The van der Waals surface area contributed by atoms with Crippen molar-refractivity contribution in [3.05, 3.63) is 0 Å². The van der Waals surface area contributed by atoms with Crippen molar-refractivity contribution in [2.45, 2.75) is 44.7 Å². The predicted molar refractivity (Wildman–Crippen MR) is 84.5 cm³/mol. The van der Waals surface area contributed by atoms with Gasteiger partial charge < -0.3 is 15.0 Å². The molecule has 1 unspecified atom stereocenters. The summed E-state index contributed by atoms with van der Waals surface area (Å²) in [6.45, 7) is 2.97. The van der Waals surface area contributed by atoms with E-state index in [9.17, 15) is 22.8 Å². The maximum atomic E-state index is 12.4. The second-order valence-electron chi connectivity index (χ2n) is 5.98. The predicted octanol–water partition coefficient (Wildman–Crippen LogP) is -0.326. The summed E-state index contributed by atoms with van der Waals surface area (Å²) in [5.41, 5.74) is 0. The standard InChI is InChI=1S/C14H23N3O6S/c1-3-23-14(20)16-8-6-10(7-9-16)15-13(19)11-4-5-12(18)17(11)24(2,21)22/h10-11H,3-9H2,1-2H3,(H,15,19). The second-order valence-corrected chi connectivity index (χ2v) is 7.84. The summed E-state index contributed by atoms with van der Waals surface area (Å²) in [5, 5.41) is 2.80. The lowest BCUT2D eigenvalue weighted by Crippen LogP contribution is -2.52. The van der Waals surface area contributed by atoms with Gasteiger partial charge in [0.1, 0.15) is 6.04 Å². The molecule has 3 amide bonds. The third-order valence-corrected chi connectivity index (χ3v) is 5.36. The molecule has 0 bridgehead atoms. The zero-order valence-electron chi connectivity index (χ0n) is 13.9. The van der Waals surface area contributed by atoms with E-state index in [1.165, 1.54) is 0 Å². The highest BCUT2D eigenvalue weighted by Gasteiger charge is 2.42.